The maximum Gasteiger partial charge on any atom is 0.133 e. The van der Waals surface area contributed by atoms with Gasteiger partial charge in [-0.1, -0.05) is 31.0 Å². The minimum Gasteiger partial charge on any atom is -0.369 e. The number of nitrogens with one attached hydrogen (secondary N) is 1. The molecule has 0 saturated heterocycles. The number of unbranched alkanes of at least 4 members (excludes halogenated alkanes) is 1. The van der Waals surface area contributed by atoms with Crippen LogP contribution in [0.2, 0.25) is 5.02 Å². The standard InChI is InChI=1S/C16H20ClN3/c1-3-4-5-14-13-8-9-18-16(13)20(19-14)15-10-12(17)7-6-11(15)2/h6-7,10,18H,3-5,8-9H2,1-2H3. The van der Waals surface area contributed by atoms with Crippen LogP contribution < -0.4 is 5.32 Å². The average Bonchev–Trinajstić information content (AvgIpc) is 3.02. The van der Waals surface area contributed by atoms with Gasteiger partial charge in [0, 0.05) is 17.1 Å². The number of benzene rings is 1. The molecule has 1 aliphatic rings. The van der Waals surface area contributed by atoms with Crippen molar-refractivity contribution in [2.45, 2.75) is 39.5 Å². The van der Waals surface area contributed by atoms with Gasteiger partial charge in [0.05, 0.1) is 11.4 Å². The van der Waals surface area contributed by atoms with Gasteiger partial charge in [-0.15, -0.1) is 0 Å². The molecule has 1 N–H and O–H groups in total. The van der Waals surface area contributed by atoms with Crippen LogP contribution in [0.4, 0.5) is 5.82 Å². The third-order valence-corrected chi connectivity index (χ3v) is 4.14. The monoisotopic (exact) mass is 289 g/mol. The van der Waals surface area contributed by atoms with Crippen molar-refractivity contribution in [2.75, 3.05) is 11.9 Å². The smallest absolute Gasteiger partial charge is 0.133 e. The highest BCUT2D eigenvalue weighted by Crippen LogP contribution is 2.31. The van der Waals surface area contributed by atoms with Crippen LogP contribution in [0.25, 0.3) is 5.69 Å². The summed E-state index contributed by atoms with van der Waals surface area (Å²) in [6.45, 7) is 5.32. The van der Waals surface area contributed by atoms with Gasteiger partial charge in [-0.05, 0) is 43.9 Å². The number of hydrogen-bond donors (Lipinski definition) is 1. The molecule has 4 heteroatoms. The Labute approximate surface area is 124 Å². The third kappa shape index (κ3) is 2.31. The van der Waals surface area contributed by atoms with E-state index in [1.165, 1.54) is 29.7 Å². The van der Waals surface area contributed by atoms with Crippen LogP contribution in [0.3, 0.4) is 0 Å². The Balaban J connectivity index is 2.07. The summed E-state index contributed by atoms with van der Waals surface area (Å²) in [5.41, 5.74) is 4.89. The van der Waals surface area contributed by atoms with Crippen LogP contribution in [0.1, 0.15) is 36.6 Å². The highest BCUT2D eigenvalue weighted by atomic mass is 35.5. The molecule has 2 heterocycles. The lowest BCUT2D eigenvalue weighted by Crippen LogP contribution is -2.06. The molecule has 1 aliphatic heterocycles. The maximum absolute atomic E-state index is 6.15. The van der Waals surface area contributed by atoms with E-state index < -0.39 is 0 Å². The van der Waals surface area contributed by atoms with Gasteiger partial charge in [0.15, 0.2) is 0 Å². The first-order valence-electron chi connectivity index (χ1n) is 7.32. The number of halogens is 1. The fraction of sp³-hybridized carbons (Fsp3) is 0.438. The first-order chi connectivity index (χ1) is 9.70. The van der Waals surface area contributed by atoms with E-state index in [2.05, 4.69) is 19.2 Å². The highest BCUT2D eigenvalue weighted by molar-refractivity contribution is 6.30. The predicted octanol–water partition coefficient (Wildman–Crippen LogP) is 4.14. The minimum absolute atomic E-state index is 0.753. The number of hydrogen-bond acceptors (Lipinski definition) is 2. The zero-order valence-electron chi connectivity index (χ0n) is 12.0. The molecule has 0 radical (unpaired) electrons. The fourth-order valence-corrected chi connectivity index (χ4v) is 2.94. The van der Waals surface area contributed by atoms with Crippen molar-refractivity contribution in [2.24, 2.45) is 0 Å². The Hall–Kier alpha value is -1.48. The zero-order chi connectivity index (χ0) is 14.1. The second kappa shape index (κ2) is 5.49. The van der Waals surface area contributed by atoms with Gasteiger partial charge in [-0.25, -0.2) is 4.68 Å². The van der Waals surface area contributed by atoms with Crippen LogP contribution in [-0.4, -0.2) is 16.3 Å². The summed E-state index contributed by atoms with van der Waals surface area (Å²) in [6, 6.07) is 5.97. The second-order valence-electron chi connectivity index (χ2n) is 5.40. The molecule has 0 aliphatic carbocycles. The summed E-state index contributed by atoms with van der Waals surface area (Å²) < 4.78 is 2.04. The van der Waals surface area contributed by atoms with Gasteiger partial charge in [0.25, 0.3) is 0 Å². The maximum atomic E-state index is 6.15. The normalized spacial score (nSPS) is 13.3. The molecule has 0 amide bonds. The van der Waals surface area contributed by atoms with Crippen molar-refractivity contribution in [1.82, 2.24) is 9.78 Å². The number of rotatable bonds is 4. The van der Waals surface area contributed by atoms with Gasteiger partial charge in [-0.2, -0.15) is 5.10 Å². The minimum atomic E-state index is 0.753. The van der Waals surface area contributed by atoms with Gasteiger partial charge < -0.3 is 5.32 Å². The molecule has 20 heavy (non-hydrogen) atoms. The summed E-state index contributed by atoms with van der Waals surface area (Å²) >= 11 is 6.15. The lowest BCUT2D eigenvalue weighted by Gasteiger charge is -2.10. The van der Waals surface area contributed by atoms with Gasteiger partial charge in [0.2, 0.25) is 0 Å². The van der Waals surface area contributed by atoms with E-state index in [4.69, 9.17) is 16.7 Å². The number of anilines is 1. The summed E-state index contributed by atoms with van der Waals surface area (Å²) in [5, 5.41) is 9.06. The van der Waals surface area contributed by atoms with Crippen molar-refractivity contribution in [1.29, 1.82) is 0 Å². The first kappa shape index (κ1) is 13.5. The van der Waals surface area contributed by atoms with Gasteiger partial charge in [0.1, 0.15) is 5.82 Å². The summed E-state index contributed by atoms with van der Waals surface area (Å²) in [5.74, 6) is 1.15. The van der Waals surface area contributed by atoms with Crippen molar-refractivity contribution in [3.8, 4) is 5.69 Å². The molecule has 0 spiro atoms. The fourth-order valence-electron chi connectivity index (χ4n) is 2.78. The van der Waals surface area contributed by atoms with Gasteiger partial charge in [-0.3, -0.25) is 0 Å². The van der Waals surface area contributed by atoms with E-state index in [1.807, 2.05) is 22.9 Å². The first-order valence-corrected chi connectivity index (χ1v) is 7.69. The molecule has 0 atom stereocenters. The van der Waals surface area contributed by atoms with Crippen LogP contribution in [0.5, 0.6) is 0 Å². The topological polar surface area (TPSA) is 29.9 Å². The second-order valence-corrected chi connectivity index (χ2v) is 5.83. The van der Waals surface area contributed by atoms with Crippen molar-refractivity contribution < 1.29 is 0 Å². The Kier molecular flexibility index (Phi) is 3.70. The lowest BCUT2D eigenvalue weighted by molar-refractivity contribution is 0.743. The summed E-state index contributed by atoms with van der Waals surface area (Å²) in [6.07, 6.45) is 4.53. The number of aryl methyl sites for hydroxylation is 2. The van der Waals surface area contributed by atoms with E-state index in [0.29, 0.717) is 0 Å². The molecular formula is C16H20ClN3. The largest absolute Gasteiger partial charge is 0.369 e. The molecular weight excluding hydrogens is 270 g/mol. The Morgan fingerprint density at radius 3 is 3.05 bits per heavy atom. The van der Waals surface area contributed by atoms with E-state index in [0.717, 1.165) is 35.9 Å². The molecule has 106 valence electrons. The van der Waals surface area contributed by atoms with Crippen molar-refractivity contribution in [3.05, 3.63) is 40.0 Å². The molecule has 1 aromatic heterocycles. The molecule has 0 unspecified atom stereocenters. The molecule has 1 aromatic carbocycles. The third-order valence-electron chi connectivity index (χ3n) is 3.90. The van der Waals surface area contributed by atoms with Gasteiger partial charge >= 0.3 is 0 Å². The van der Waals surface area contributed by atoms with E-state index >= 15 is 0 Å². The van der Waals surface area contributed by atoms with E-state index in [1.54, 1.807) is 0 Å². The van der Waals surface area contributed by atoms with Crippen LogP contribution in [0.15, 0.2) is 18.2 Å². The van der Waals surface area contributed by atoms with Crippen molar-refractivity contribution >= 4 is 17.4 Å². The molecule has 0 fully saturated rings. The Morgan fingerprint density at radius 1 is 1.40 bits per heavy atom. The number of aromatic nitrogens is 2. The number of fused-ring (bicyclic) bond motifs is 1. The van der Waals surface area contributed by atoms with Crippen LogP contribution >= 0.6 is 11.6 Å². The Bertz CT molecular complexity index is 631. The van der Waals surface area contributed by atoms with E-state index in [9.17, 15) is 0 Å². The van der Waals surface area contributed by atoms with Crippen molar-refractivity contribution in [3.63, 3.8) is 0 Å². The highest BCUT2D eigenvalue weighted by Gasteiger charge is 2.23. The van der Waals surface area contributed by atoms with Crippen LogP contribution in [0, 0.1) is 6.92 Å². The lowest BCUT2D eigenvalue weighted by atomic mass is 10.1. The van der Waals surface area contributed by atoms with Crippen LogP contribution in [-0.2, 0) is 12.8 Å². The molecule has 3 rings (SSSR count). The molecule has 0 saturated carbocycles. The molecule has 2 aromatic rings. The summed E-state index contributed by atoms with van der Waals surface area (Å²) in [4.78, 5) is 0. The molecule has 3 nitrogen and oxygen atoms in total. The summed E-state index contributed by atoms with van der Waals surface area (Å²) in [7, 11) is 0. The SMILES string of the molecule is CCCCc1nn(-c2cc(Cl)ccc2C)c2c1CCN2. The zero-order valence-corrected chi connectivity index (χ0v) is 12.8. The predicted molar refractivity (Wildman–Crippen MR) is 84.1 cm³/mol. The average molecular weight is 290 g/mol. The van der Waals surface area contributed by atoms with E-state index in [-0.39, 0.29) is 0 Å². The quantitative estimate of drug-likeness (QED) is 0.916. The number of nitrogens with zero attached hydrogens (tertiary/aromatic N) is 2. The Morgan fingerprint density at radius 2 is 2.25 bits per heavy atom. The molecule has 0 bridgehead atoms.